The summed E-state index contributed by atoms with van der Waals surface area (Å²) < 4.78 is 7.71. The maximum absolute atomic E-state index is 14.2. The first kappa shape index (κ1) is 26.1. The number of nitrogens with zero attached hydrogens (tertiary/aromatic N) is 1. The smallest absolute Gasteiger partial charge is 0.264 e. The average Bonchev–Trinajstić information content (AvgIpc) is 3.50. The summed E-state index contributed by atoms with van der Waals surface area (Å²) in [6, 6.07) is 23.1. The Morgan fingerprint density at radius 1 is 0.850 bits per heavy atom. The average molecular weight is 533 g/mol. The molecular formula is C35H36N2O3. The van der Waals surface area contributed by atoms with Crippen LogP contribution in [0.25, 0.3) is 38.6 Å². The predicted molar refractivity (Wildman–Crippen MR) is 163 cm³/mol. The first-order valence-corrected chi connectivity index (χ1v) is 14.6. The maximum Gasteiger partial charge on any atom is 0.264 e. The largest absolute Gasteiger partial charge is 0.493 e. The lowest BCUT2D eigenvalue weighted by Crippen LogP contribution is -2.22. The molecule has 1 N–H and O–H groups in total. The molecule has 1 aliphatic rings. The lowest BCUT2D eigenvalue weighted by molar-refractivity contribution is 0.104. The number of unbranched alkanes of at least 4 members (excludes halogenated alkanes) is 5. The third kappa shape index (κ3) is 4.64. The number of ether oxygens (including phenoxy) is 1. The molecule has 3 aromatic carbocycles. The number of ketones is 1. The van der Waals surface area contributed by atoms with Gasteiger partial charge in [-0.15, -0.1) is 0 Å². The van der Waals surface area contributed by atoms with Gasteiger partial charge < -0.3 is 9.72 Å². The summed E-state index contributed by atoms with van der Waals surface area (Å²) in [6.45, 7) is 5.18. The van der Waals surface area contributed by atoms with Crippen LogP contribution >= 0.6 is 0 Å². The number of fused-ring (bicyclic) bond motifs is 7. The SMILES string of the molecule is CCCCCCCCC(C)COc1ccc(-c2c(=O)n3c(c4[nH]c5ccccc5c24)C(=O)c2ccccc2-3)cc1. The number of benzene rings is 3. The molecule has 0 fully saturated rings. The second-order valence-electron chi connectivity index (χ2n) is 11.1. The number of hydrogen-bond donors (Lipinski definition) is 1. The van der Waals surface area contributed by atoms with Gasteiger partial charge >= 0.3 is 0 Å². The molecule has 0 saturated carbocycles. The number of carbonyl (C=O) groups excluding carboxylic acids is 1. The van der Waals surface area contributed by atoms with Crippen LogP contribution in [-0.4, -0.2) is 21.9 Å². The van der Waals surface area contributed by atoms with Gasteiger partial charge in [-0.1, -0.05) is 94.8 Å². The number of aromatic amines is 1. The Morgan fingerprint density at radius 3 is 2.40 bits per heavy atom. The van der Waals surface area contributed by atoms with Crippen LogP contribution < -0.4 is 10.3 Å². The van der Waals surface area contributed by atoms with Crippen molar-refractivity contribution >= 4 is 27.6 Å². The quantitative estimate of drug-likeness (QED) is 0.170. The fraction of sp³-hybridized carbons (Fsp3) is 0.314. The Bertz CT molecular complexity index is 1740. The Hall–Kier alpha value is -4.12. The van der Waals surface area contributed by atoms with Crippen molar-refractivity contribution in [2.75, 3.05) is 6.61 Å². The van der Waals surface area contributed by atoms with Gasteiger partial charge in [0.25, 0.3) is 5.56 Å². The number of aromatic nitrogens is 2. The minimum atomic E-state index is -0.188. The molecule has 0 bridgehead atoms. The van der Waals surface area contributed by atoms with Gasteiger partial charge in [0.2, 0.25) is 5.78 Å². The zero-order chi connectivity index (χ0) is 27.6. The van der Waals surface area contributed by atoms with Crippen molar-refractivity contribution in [3.05, 3.63) is 94.4 Å². The predicted octanol–water partition coefficient (Wildman–Crippen LogP) is 8.45. The Labute approximate surface area is 234 Å². The van der Waals surface area contributed by atoms with Crippen molar-refractivity contribution in [1.29, 1.82) is 0 Å². The van der Waals surface area contributed by atoms with E-state index in [0.717, 1.165) is 27.6 Å². The van der Waals surface area contributed by atoms with Crippen LogP contribution in [0.5, 0.6) is 5.75 Å². The highest BCUT2D eigenvalue weighted by Crippen LogP contribution is 2.39. The summed E-state index contributed by atoms with van der Waals surface area (Å²) in [4.78, 5) is 31.1. The highest BCUT2D eigenvalue weighted by atomic mass is 16.5. The fourth-order valence-electron chi connectivity index (χ4n) is 6.03. The lowest BCUT2D eigenvalue weighted by atomic mass is 9.99. The molecule has 204 valence electrons. The van der Waals surface area contributed by atoms with Crippen molar-refractivity contribution in [3.8, 4) is 22.6 Å². The standard InChI is InChI=1S/C35H36N2O3/c1-3-4-5-6-7-8-13-23(2)22-40-25-20-18-24(19-21-25)30-31-26-14-9-11-16-28(26)36-32(31)33-34(38)27-15-10-12-17-29(27)37(33)35(30)39/h9-12,14-21,23,36H,3-8,13,22H2,1-2H3. The van der Waals surface area contributed by atoms with E-state index in [1.54, 1.807) is 10.6 Å². The molecule has 1 atom stereocenters. The van der Waals surface area contributed by atoms with Gasteiger partial charge in [-0.25, -0.2) is 0 Å². The van der Waals surface area contributed by atoms with Gasteiger partial charge in [-0.05, 0) is 48.2 Å². The highest BCUT2D eigenvalue weighted by Gasteiger charge is 2.33. The van der Waals surface area contributed by atoms with Gasteiger partial charge in [0.15, 0.2) is 0 Å². The van der Waals surface area contributed by atoms with Crippen LogP contribution in [0.15, 0.2) is 77.6 Å². The number of nitrogens with one attached hydrogen (secondary N) is 1. The van der Waals surface area contributed by atoms with Crippen LogP contribution in [0, 0.1) is 5.92 Å². The number of pyridine rings is 1. The maximum atomic E-state index is 14.2. The topological polar surface area (TPSA) is 64.1 Å². The number of H-pyrrole nitrogens is 1. The molecule has 5 heteroatoms. The van der Waals surface area contributed by atoms with E-state index < -0.39 is 0 Å². The van der Waals surface area contributed by atoms with Gasteiger partial charge in [0, 0.05) is 21.9 Å². The molecular weight excluding hydrogens is 496 g/mol. The lowest BCUT2D eigenvalue weighted by Gasteiger charge is -2.14. The van der Waals surface area contributed by atoms with E-state index in [-0.39, 0.29) is 11.3 Å². The zero-order valence-corrected chi connectivity index (χ0v) is 23.3. The number of rotatable bonds is 11. The molecule has 0 amide bonds. The Kier molecular flexibility index (Phi) is 7.29. The Morgan fingerprint density at radius 2 is 1.57 bits per heavy atom. The van der Waals surface area contributed by atoms with Gasteiger partial charge in [-0.2, -0.15) is 0 Å². The first-order valence-electron chi connectivity index (χ1n) is 14.6. The van der Waals surface area contributed by atoms with E-state index in [9.17, 15) is 9.59 Å². The molecule has 2 aromatic heterocycles. The second-order valence-corrected chi connectivity index (χ2v) is 11.1. The second kappa shape index (κ2) is 11.2. The van der Waals surface area contributed by atoms with E-state index in [2.05, 4.69) is 18.8 Å². The molecule has 0 spiro atoms. The van der Waals surface area contributed by atoms with Crippen molar-refractivity contribution in [2.24, 2.45) is 5.92 Å². The fourth-order valence-corrected chi connectivity index (χ4v) is 6.03. The molecule has 6 rings (SSSR count). The summed E-state index contributed by atoms with van der Waals surface area (Å²) >= 11 is 0. The molecule has 0 aliphatic carbocycles. The normalized spacial score (nSPS) is 13.1. The summed E-state index contributed by atoms with van der Waals surface area (Å²) in [5, 5.41) is 1.72. The summed E-state index contributed by atoms with van der Waals surface area (Å²) in [6.07, 6.45) is 9.02. The monoisotopic (exact) mass is 532 g/mol. The van der Waals surface area contributed by atoms with Gasteiger partial charge in [0.1, 0.15) is 11.4 Å². The third-order valence-electron chi connectivity index (χ3n) is 8.17. The van der Waals surface area contributed by atoms with Crippen LogP contribution in [0.2, 0.25) is 0 Å². The molecule has 1 unspecified atom stereocenters. The molecule has 5 nitrogen and oxygen atoms in total. The summed E-state index contributed by atoms with van der Waals surface area (Å²) in [5.41, 5.74) is 4.38. The first-order chi connectivity index (χ1) is 19.6. The van der Waals surface area contributed by atoms with E-state index in [1.807, 2.05) is 66.7 Å². The molecule has 0 saturated heterocycles. The molecule has 1 aliphatic heterocycles. The Balaban J connectivity index is 1.31. The van der Waals surface area contributed by atoms with Crippen LogP contribution in [0.3, 0.4) is 0 Å². The van der Waals surface area contributed by atoms with Crippen molar-refractivity contribution in [1.82, 2.24) is 9.55 Å². The third-order valence-corrected chi connectivity index (χ3v) is 8.17. The van der Waals surface area contributed by atoms with Crippen LogP contribution in [0.1, 0.15) is 74.8 Å². The van der Waals surface area contributed by atoms with Gasteiger partial charge in [0.05, 0.1) is 23.4 Å². The minimum Gasteiger partial charge on any atom is -0.493 e. The van der Waals surface area contributed by atoms with Crippen LogP contribution in [-0.2, 0) is 0 Å². The van der Waals surface area contributed by atoms with Crippen molar-refractivity contribution in [2.45, 2.75) is 58.8 Å². The zero-order valence-electron chi connectivity index (χ0n) is 23.3. The van der Waals surface area contributed by atoms with Crippen molar-refractivity contribution < 1.29 is 9.53 Å². The van der Waals surface area contributed by atoms with E-state index >= 15 is 0 Å². The summed E-state index contributed by atoms with van der Waals surface area (Å²) in [5.74, 6) is 1.17. The van der Waals surface area contributed by atoms with E-state index in [4.69, 9.17) is 4.74 Å². The molecule has 0 radical (unpaired) electrons. The molecule has 5 aromatic rings. The number of para-hydroxylation sites is 2. The van der Waals surface area contributed by atoms with Gasteiger partial charge in [-0.3, -0.25) is 14.2 Å². The van der Waals surface area contributed by atoms with Crippen LogP contribution in [0.4, 0.5) is 0 Å². The van der Waals surface area contributed by atoms with E-state index in [1.165, 1.54) is 44.9 Å². The minimum absolute atomic E-state index is 0.130. The molecule has 40 heavy (non-hydrogen) atoms. The highest BCUT2D eigenvalue weighted by molar-refractivity contribution is 6.25. The van der Waals surface area contributed by atoms with Crippen molar-refractivity contribution in [3.63, 3.8) is 0 Å². The molecule has 3 heterocycles. The number of hydrogen-bond acceptors (Lipinski definition) is 3. The number of carbonyl (C=O) groups is 1. The summed E-state index contributed by atoms with van der Waals surface area (Å²) in [7, 11) is 0. The van der Waals surface area contributed by atoms with E-state index in [0.29, 0.717) is 40.5 Å².